The number of hydrogen-bond acceptors (Lipinski definition) is 6. The quantitative estimate of drug-likeness (QED) is 0.589. The van der Waals surface area contributed by atoms with E-state index >= 15 is 0 Å². The van der Waals surface area contributed by atoms with E-state index in [0.29, 0.717) is 39.3 Å². The molecule has 1 aromatic heterocycles. The SMILES string of the molecule is O=S(=O)(c1ccc(-c2csc(=Nc3ccccc3)n2CCCO)cc1)N1CCOCC1. The van der Waals surface area contributed by atoms with Crippen LogP contribution in [0.5, 0.6) is 0 Å². The lowest BCUT2D eigenvalue weighted by Gasteiger charge is -2.26. The van der Waals surface area contributed by atoms with Crippen LogP contribution >= 0.6 is 11.3 Å². The molecule has 0 aliphatic carbocycles. The van der Waals surface area contributed by atoms with Crippen LogP contribution in [0, 0.1) is 0 Å². The van der Waals surface area contributed by atoms with Crippen LogP contribution < -0.4 is 4.80 Å². The summed E-state index contributed by atoms with van der Waals surface area (Å²) in [5, 5.41) is 11.4. The van der Waals surface area contributed by atoms with Crippen molar-refractivity contribution < 1.29 is 18.3 Å². The van der Waals surface area contributed by atoms with Gasteiger partial charge >= 0.3 is 0 Å². The summed E-state index contributed by atoms with van der Waals surface area (Å²) >= 11 is 1.52. The third kappa shape index (κ3) is 4.97. The lowest BCUT2D eigenvalue weighted by atomic mass is 10.2. The van der Waals surface area contributed by atoms with E-state index in [-0.39, 0.29) is 11.5 Å². The lowest BCUT2D eigenvalue weighted by molar-refractivity contribution is 0.0730. The topological polar surface area (TPSA) is 84.1 Å². The Bertz CT molecular complexity index is 1160. The molecule has 0 radical (unpaired) electrons. The summed E-state index contributed by atoms with van der Waals surface area (Å²) in [6, 6.07) is 16.7. The number of thiazole rings is 1. The van der Waals surface area contributed by atoms with Gasteiger partial charge in [-0.05, 0) is 36.2 Å². The predicted molar refractivity (Wildman–Crippen MR) is 121 cm³/mol. The van der Waals surface area contributed by atoms with Gasteiger partial charge in [0.25, 0.3) is 0 Å². The van der Waals surface area contributed by atoms with Gasteiger partial charge in [0.1, 0.15) is 0 Å². The van der Waals surface area contributed by atoms with Gasteiger partial charge in [-0.2, -0.15) is 4.31 Å². The van der Waals surface area contributed by atoms with E-state index in [9.17, 15) is 13.5 Å². The number of nitrogens with zero attached hydrogens (tertiary/aromatic N) is 3. The van der Waals surface area contributed by atoms with Crippen molar-refractivity contribution in [2.75, 3.05) is 32.9 Å². The maximum atomic E-state index is 12.9. The number of aromatic nitrogens is 1. The summed E-state index contributed by atoms with van der Waals surface area (Å²) < 4.78 is 34.5. The van der Waals surface area contributed by atoms with Gasteiger partial charge in [-0.25, -0.2) is 13.4 Å². The molecular weight excluding hydrogens is 434 g/mol. The Kier molecular flexibility index (Phi) is 6.99. The Morgan fingerprint density at radius 3 is 2.42 bits per heavy atom. The molecule has 0 spiro atoms. The van der Waals surface area contributed by atoms with Crippen LogP contribution in [-0.2, 0) is 21.3 Å². The highest BCUT2D eigenvalue weighted by Gasteiger charge is 2.26. The molecule has 1 N–H and O–H groups in total. The van der Waals surface area contributed by atoms with E-state index in [0.717, 1.165) is 21.7 Å². The molecule has 3 aromatic rings. The number of para-hydroxylation sites is 1. The Hall–Kier alpha value is -2.30. The number of benzene rings is 2. The van der Waals surface area contributed by atoms with Gasteiger partial charge in [0.15, 0.2) is 4.80 Å². The predicted octanol–water partition coefficient (Wildman–Crippen LogP) is 2.85. The van der Waals surface area contributed by atoms with E-state index in [1.807, 2.05) is 47.8 Å². The van der Waals surface area contributed by atoms with Crippen molar-refractivity contribution in [2.45, 2.75) is 17.9 Å². The van der Waals surface area contributed by atoms with Crippen molar-refractivity contribution in [2.24, 2.45) is 4.99 Å². The van der Waals surface area contributed by atoms with Crippen molar-refractivity contribution in [3.8, 4) is 11.3 Å². The first kappa shape index (κ1) is 21.9. The average molecular weight is 460 g/mol. The number of sulfonamides is 1. The Morgan fingerprint density at radius 1 is 1.03 bits per heavy atom. The molecule has 2 heterocycles. The highest BCUT2D eigenvalue weighted by molar-refractivity contribution is 7.89. The molecular formula is C22H25N3O4S2. The number of aliphatic hydroxyl groups excluding tert-OH is 1. The van der Waals surface area contributed by atoms with Crippen molar-refractivity contribution in [1.82, 2.24) is 8.87 Å². The molecule has 0 unspecified atom stereocenters. The fraction of sp³-hybridized carbons (Fsp3) is 0.318. The summed E-state index contributed by atoms with van der Waals surface area (Å²) in [6.07, 6.45) is 0.606. The number of rotatable bonds is 7. The fourth-order valence-electron chi connectivity index (χ4n) is 3.44. The zero-order valence-corrected chi connectivity index (χ0v) is 18.7. The largest absolute Gasteiger partial charge is 0.396 e. The normalized spacial score (nSPS) is 16.0. The minimum atomic E-state index is -3.52. The standard InChI is InChI=1S/C22H25N3O4S2/c26-14-4-11-25-21(17-30-22(25)23-19-5-2-1-3-6-19)18-7-9-20(10-8-18)31(27,28)24-12-15-29-16-13-24/h1-3,5-10,17,26H,4,11-16H2. The number of aliphatic hydroxyl groups is 1. The van der Waals surface area contributed by atoms with Crippen molar-refractivity contribution in [1.29, 1.82) is 0 Å². The smallest absolute Gasteiger partial charge is 0.243 e. The maximum absolute atomic E-state index is 12.9. The zero-order chi connectivity index (χ0) is 21.7. The van der Waals surface area contributed by atoms with Crippen LogP contribution in [-0.4, -0.2) is 55.3 Å². The monoisotopic (exact) mass is 459 g/mol. The van der Waals surface area contributed by atoms with Gasteiger partial charge in [-0.3, -0.25) is 0 Å². The molecule has 1 saturated heterocycles. The van der Waals surface area contributed by atoms with Crippen LogP contribution in [0.25, 0.3) is 11.3 Å². The number of morpholine rings is 1. The van der Waals surface area contributed by atoms with Crippen LogP contribution in [0.4, 0.5) is 5.69 Å². The molecule has 0 amide bonds. The van der Waals surface area contributed by atoms with Gasteiger partial charge < -0.3 is 14.4 Å². The van der Waals surface area contributed by atoms with E-state index in [1.165, 1.54) is 15.6 Å². The maximum Gasteiger partial charge on any atom is 0.243 e. The molecule has 9 heteroatoms. The lowest BCUT2D eigenvalue weighted by Crippen LogP contribution is -2.40. The van der Waals surface area contributed by atoms with Gasteiger partial charge in [-0.1, -0.05) is 30.3 Å². The summed E-state index contributed by atoms with van der Waals surface area (Å²) in [4.78, 5) is 5.86. The Morgan fingerprint density at radius 2 is 1.74 bits per heavy atom. The van der Waals surface area contributed by atoms with Gasteiger partial charge in [0.2, 0.25) is 10.0 Å². The van der Waals surface area contributed by atoms with Crippen LogP contribution in [0.2, 0.25) is 0 Å². The van der Waals surface area contributed by atoms with Crippen LogP contribution in [0.15, 0.2) is 69.9 Å². The van der Waals surface area contributed by atoms with Crippen LogP contribution in [0.3, 0.4) is 0 Å². The Labute approximate surface area is 185 Å². The van der Waals surface area contributed by atoms with E-state index in [4.69, 9.17) is 9.73 Å². The summed E-state index contributed by atoms with van der Waals surface area (Å²) in [7, 11) is -3.52. The first-order valence-electron chi connectivity index (χ1n) is 10.2. The molecule has 0 bridgehead atoms. The molecule has 164 valence electrons. The molecule has 0 atom stereocenters. The second-order valence-electron chi connectivity index (χ2n) is 7.12. The van der Waals surface area contributed by atoms with Crippen LogP contribution in [0.1, 0.15) is 6.42 Å². The second kappa shape index (κ2) is 9.88. The third-order valence-corrected chi connectivity index (χ3v) is 7.85. The molecule has 1 aliphatic heterocycles. The molecule has 2 aromatic carbocycles. The number of ether oxygens (including phenoxy) is 1. The Balaban J connectivity index is 1.67. The highest BCUT2D eigenvalue weighted by atomic mass is 32.2. The first-order chi connectivity index (χ1) is 15.1. The van der Waals surface area contributed by atoms with Gasteiger partial charge in [0, 0.05) is 31.6 Å². The molecule has 1 fully saturated rings. The zero-order valence-electron chi connectivity index (χ0n) is 17.1. The van der Waals surface area contributed by atoms with E-state index in [1.54, 1.807) is 12.1 Å². The molecule has 31 heavy (non-hydrogen) atoms. The fourth-order valence-corrected chi connectivity index (χ4v) is 5.80. The molecule has 1 aliphatic rings. The van der Waals surface area contributed by atoms with E-state index in [2.05, 4.69) is 4.57 Å². The molecule has 7 nitrogen and oxygen atoms in total. The average Bonchev–Trinajstić information content (AvgIpc) is 3.21. The number of hydrogen-bond donors (Lipinski definition) is 1. The van der Waals surface area contributed by atoms with Crippen molar-refractivity contribution in [3.05, 3.63) is 64.8 Å². The third-order valence-electron chi connectivity index (χ3n) is 5.08. The minimum Gasteiger partial charge on any atom is -0.396 e. The van der Waals surface area contributed by atoms with Gasteiger partial charge in [0.05, 0.1) is 29.5 Å². The van der Waals surface area contributed by atoms with Gasteiger partial charge in [-0.15, -0.1) is 11.3 Å². The summed E-state index contributed by atoms with van der Waals surface area (Å²) in [6.45, 7) is 2.30. The second-order valence-corrected chi connectivity index (χ2v) is 9.89. The van der Waals surface area contributed by atoms with E-state index < -0.39 is 10.0 Å². The molecule has 0 saturated carbocycles. The molecule has 4 rings (SSSR count). The summed E-state index contributed by atoms with van der Waals surface area (Å²) in [5.74, 6) is 0. The van der Waals surface area contributed by atoms with Crippen molar-refractivity contribution in [3.63, 3.8) is 0 Å². The first-order valence-corrected chi connectivity index (χ1v) is 12.5. The minimum absolute atomic E-state index is 0.0871. The van der Waals surface area contributed by atoms with Crippen molar-refractivity contribution >= 4 is 27.0 Å². The summed E-state index contributed by atoms with van der Waals surface area (Å²) in [5.41, 5.74) is 2.72. The highest BCUT2D eigenvalue weighted by Crippen LogP contribution is 2.25.